The molecule has 1 aliphatic carbocycles. The maximum atomic E-state index is 14.7. The highest BCUT2D eigenvalue weighted by atomic mass is 19.1. The number of likely N-dealkylation sites (tertiary alicyclic amines) is 1. The van der Waals surface area contributed by atoms with E-state index in [1.165, 1.54) is 12.1 Å². The number of amides is 3. The van der Waals surface area contributed by atoms with Crippen LogP contribution in [-0.2, 0) is 4.74 Å². The number of piperidine rings is 1. The monoisotopic (exact) mass is 575 g/mol. The number of halogens is 1. The third-order valence-corrected chi connectivity index (χ3v) is 6.99. The number of nitriles is 1. The van der Waals surface area contributed by atoms with Crippen LogP contribution < -0.4 is 20.1 Å². The number of nitrogens with zero attached hydrogens (tertiary/aromatic N) is 3. The number of hydrogen-bond acceptors (Lipinski definition) is 7. The van der Waals surface area contributed by atoms with Crippen molar-refractivity contribution in [2.45, 2.75) is 58.1 Å². The molecule has 3 amide bonds. The minimum Gasteiger partial charge on any atom is -0.492 e. The van der Waals surface area contributed by atoms with Crippen molar-refractivity contribution in [1.29, 1.82) is 5.26 Å². The standard InChI is InChI=1S/C31H34FN5O5/c1-31(2,3)42-30(39)37-12-9-19(10-13-37)18-40-28-16-26-23(14-20(28)17-33)27(8-11-34-26)41-22-6-7-25(24(32)15-22)36-29(38)35-21-4-5-21/h6-8,11,14-16,19,21H,4-5,9-10,12-13,18H2,1-3H3,(H2,35,36,38). The molecular weight excluding hydrogens is 541 g/mol. The van der Waals surface area contributed by atoms with Crippen LogP contribution in [0.5, 0.6) is 17.2 Å². The summed E-state index contributed by atoms with van der Waals surface area (Å²) >= 11 is 0. The van der Waals surface area contributed by atoms with E-state index < -0.39 is 17.4 Å². The van der Waals surface area contributed by atoms with Crippen molar-refractivity contribution in [1.82, 2.24) is 15.2 Å². The Kier molecular flexibility index (Phi) is 8.34. The Morgan fingerprint density at radius 3 is 2.52 bits per heavy atom. The van der Waals surface area contributed by atoms with Crippen LogP contribution in [0.25, 0.3) is 10.9 Å². The van der Waals surface area contributed by atoms with E-state index in [-0.39, 0.29) is 29.5 Å². The van der Waals surface area contributed by atoms with E-state index in [2.05, 4.69) is 21.7 Å². The average Bonchev–Trinajstić information content (AvgIpc) is 3.76. The Labute approximate surface area is 243 Å². The summed E-state index contributed by atoms with van der Waals surface area (Å²) in [7, 11) is 0. The summed E-state index contributed by atoms with van der Waals surface area (Å²) < 4.78 is 32.2. The summed E-state index contributed by atoms with van der Waals surface area (Å²) in [5, 5.41) is 15.7. The lowest BCUT2D eigenvalue weighted by atomic mass is 9.98. The number of aromatic nitrogens is 1. The number of anilines is 1. The summed E-state index contributed by atoms with van der Waals surface area (Å²) in [5.41, 5.74) is 0.381. The fraction of sp³-hybridized carbons (Fsp3) is 0.419. The molecular formula is C31H34FN5O5. The van der Waals surface area contributed by atoms with Crippen LogP contribution in [0.3, 0.4) is 0 Å². The van der Waals surface area contributed by atoms with Gasteiger partial charge in [0.25, 0.3) is 0 Å². The highest BCUT2D eigenvalue weighted by molar-refractivity contribution is 5.90. The van der Waals surface area contributed by atoms with Gasteiger partial charge >= 0.3 is 12.1 Å². The fourth-order valence-corrected chi connectivity index (χ4v) is 4.62. The van der Waals surface area contributed by atoms with Crippen LogP contribution in [-0.4, -0.2) is 53.3 Å². The molecule has 1 saturated carbocycles. The summed E-state index contributed by atoms with van der Waals surface area (Å²) in [4.78, 5) is 30.4. The van der Waals surface area contributed by atoms with Gasteiger partial charge in [-0.05, 0) is 76.6 Å². The summed E-state index contributed by atoms with van der Waals surface area (Å²) in [6, 6.07) is 11.0. The van der Waals surface area contributed by atoms with Gasteiger partial charge in [0.05, 0.1) is 23.4 Å². The van der Waals surface area contributed by atoms with Crippen LogP contribution in [0, 0.1) is 23.1 Å². The SMILES string of the molecule is CC(C)(C)OC(=O)N1CCC(COc2cc3nccc(Oc4ccc(NC(=O)NC5CC5)c(F)c4)c3cc2C#N)CC1. The molecule has 5 rings (SSSR count). The Balaban J connectivity index is 1.23. The van der Waals surface area contributed by atoms with Crippen molar-refractivity contribution in [3.05, 3.63) is 54.0 Å². The van der Waals surface area contributed by atoms with E-state index in [9.17, 15) is 19.2 Å². The zero-order chi connectivity index (χ0) is 29.9. The number of benzene rings is 2. The van der Waals surface area contributed by atoms with Crippen LogP contribution >= 0.6 is 0 Å². The minimum atomic E-state index is -0.637. The van der Waals surface area contributed by atoms with Crippen LogP contribution in [0.1, 0.15) is 52.0 Å². The lowest BCUT2D eigenvalue weighted by Gasteiger charge is -2.33. The van der Waals surface area contributed by atoms with Gasteiger partial charge in [-0.1, -0.05) is 0 Å². The summed E-state index contributed by atoms with van der Waals surface area (Å²) in [5.74, 6) is 0.617. The number of nitrogens with one attached hydrogen (secondary N) is 2. The number of fused-ring (bicyclic) bond motifs is 1. The molecule has 0 spiro atoms. The van der Waals surface area contributed by atoms with E-state index in [4.69, 9.17) is 14.2 Å². The average molecular weight is 576 g/mol. The number of urea groups is 1. The largest absolute Gasteiger partial charge is 0.492 e. The van der Waals surface area contributed by atoms with Crippen molar-refractivity contribution in [2.75, 3.05) is 25.0 Å². The molecule has 2 aromatic carbocycles. The Bertz CT molecular complexity index is 1520. The van der Waals surface area contributed by atoms with Crippen LogP contribution in [0.4, 0.5) is 19.7 Å². The van der Waals surface area contributed by atoms with E-state index in [0.29, 0.717) is 47.7 Å². The van der Waals surface area contributed by atoms with Crippen molar-refractivity contribution in [3.8, 4) is 23.3 Å². The Morgan fingerprint density at radius 2 is 1.86 bits per heavy atom. The zero-order valence-corrected chi connectivity index (χ0v) is 23.9. The molecule has 3 aromatic rings. The second-order valence-corrected chi connectivity index (χ2v) is 11.6. The number of carbonyl (C=O) groups is 2. The van der Waals surface area contributed by atoms with Gasteiger partial charge in [-0.15, -0.1) is 0 Å². The highest BCUT2D eigenvalue weighted by Crippen LogP contribution is 2.34. The molecule has 42 heavy (non-hydrogen) atoms. The number of carbonyl (C=O) groups excluding carboxylic acids is 2. The van der Waals surface area contributed by atoms with E-state index in [1.807, 2.05) is 20.8 Å². The maximum absolute atomic E-state index is 14.7. The van der Waals surface area contributed by atoms with Crippen molar-refractivity contribution >= 4 is 28.7 Å². The second-order valence-electron chi connectivity index (χ2n) is 11.6. The summed E-state index contributed by atoms with van der Waals surface area (Å²) in [6.07, 6.45) is 4.65. The van der Waals surface area contributed by atoms with Gasteiger partial charge in [0, 0.05) is 42.8 Å². The smallest absolute Gasteiger partial charge is 0.410 e. The van der Waals surface area contributed by atoms with E-state index in [0.717, 1.165) is 25.7 Å². The second kappa shape index (κ2) is 12.1. The first-order valence-corrected chi connectivity index (χ1v) is 14.1. The molecule has 1 saturated heterocycles. The molecule has 11 heteroatoms. The van der Waals surface area contributed by atoms with Crippen LogP contribution in [0.15, 0.2) is 42.6 Å². The Hall–Kier alpha value is -4.59. The molecule has 2 aliphatic rings. The van der Waals surface area contributed by atoms with Gasteiger partial charge in [-0.2, -0.15) is 5.26 Å². The lowest BCUT2D eigenvalue weighted by molar-refractivity contribution is 0.0165. The molecule has 2 N–H and O–H groups in total. The minimum absolute atomic E-state index is 0.0455. The van der Waals surface area contributed by atoms with Crippen molar-refractivity contribution in [2.24, 2.45) is 5.92 Å². The van der Waals surface area contributed by atoms with Gasteiger partial charge in [-0.25, -0.2) is 14.0 Å². The maximum Gasteiger partial charge on any atom is 0.410 e. The first-order chi connectivity index (χ1) is 20.1. The number of pyridine rings is 1. The van der Waals surface area contributed by atoms with Crippen molar-refractivity contribution < 1.29 is 28.2 Å². The normalized spacial score (nSPS) is 15.5. The number of ether oxygens (including phenoxy) is 3. The fourth-order valence-electron chi connectivity index (χ4n) is 4.62. The lowest BCUT2D eigenvalue weighted by Crippen LogP contribution is -2.42. The van der Waals surface area contributed by atoms with Gasteiger partial charge in [0.15, 0.2) is 0 Å². The van der Waals surface area contributed by atoms with Crippen molar-refractivity contribution in [3.63, 3.8) is 0 Å². The molecule has 1 aliphatic heterocycles. The molecule has 1 aromatic heterocycles. The quantitative estimate of drug-likeness (QED) is 0.336. The van der Waals surface area contributed by atoms with E-state index >= 15 is 0 Å². The topological polar surface area (TPSA) is 126 Å². The predicted molar refractivity (Wildman–Crippen MR) is 154 cm³/mol. The first-order valence-electron chi connectivity index (χ1n) is 14.1. The van der Waals surface area contributed by atoms with E-state index in [1.54, 1.807) is 35.4 Å². The number of hydrogen-bond donors (Lipinski definition) is 2. The molecule has 0 atom stereocenters. The number of rotatable bonds is 7. The molecule has 220 valence electrons. The zero-order valence-electron chi connectivity index (χ0n) is 23.9. The van der Waals surface area contributed by atoms with Gasteiger partial charge in [0.1, 0.15) is 34.7 Å². The molecule has 2 fully saturated rings. The van der Waals surface area contributed by atoms with Gasteiger partial charge in [0.2, 0.25) is 0 Å². The molecule has 0 bridgehead atoms. The summed E-state index contributed by atoms with van der Waals surface area (Å²) in [6.45, 7) is 7.11. The molecule has 2 heterocycles. The van der Waals surface area contributed by atoms with Gasteiger partial charge in [-0.3, -0.25) is 4.98 Å². The van der Waals surface area contributed by atoms with Crippen LogP contribution in [0.2, 0.25) is 0 Å². The third kappa shape index (κ3) is 7.37. The Morgan fingerprint density at radius 1 is 1.10 bits per heavy atom. The van der Waals surface area contributed by atoms with Gasteiger partial charge < -0.3 is 29.7 Å². The first kappa shape index (κ1) is 28.9. The third-order valence-electron chi connectivity index (χ3n) is 6.99. The predicted octanol–water partition coefficient (Wildman–Crippen LogP) is 6.35. The molecule has 10 nitrogen and oxygen atoms in total. The highest BCUT2D eigenvalue weighted by Gasteiger charge is 2.27. The molecule has 0 unspecified atom stereocenters. The molecule has 0 radical (unpaired) electrons.